The number of nitrogens with zero attached hydrogens (tertiary/aromatic N) is 3. The molecular formula is C15H21N3O2S. The molecule has 0 N–H and O–H groups in total. The average Bonchev–Trinajstić information content (AvgIpc) is 3.04. The number of hydrogen-bond acceptors (Lipinski definition) is 4. The van der Waals surface area contributed by atoms with Gasteiger partial charge in [0.05, 0.1) is 11.8 Å². The Bertz CT molecular complexity index is 505. The normalized spacial score (nSPS) is 21.2. The van der Waals surface area contributed by atoms with E-state index in [-0.39, 0.29) is 12.1 Å². The number of anilines is 1. The maximum absolute atomic E-state index is 12.8. The van der Waals surface area contributed by atoms with Crippen LogP contribution >= 0.6 is 11.8 Å². The summed E-state index contributed by atoms with van der Waals surface area (Å²) in [5, 5.41) is 0.949. The van der Waals surface area contributed by atoms with Crippen LogP contribution in [-0.4, -0.2) is 54.0 Å². The number of carbonyl (C=O) groups is 1. The number of hydrogen-bond donors (Lipinski definition) is 0. The Morgan fingerprint density at radius 1 is 1.62 bits per heavy atom. The van der Waals surface area contributed by atoms with Gasteiger partial charge in [-0.15, -0.1) is 11.8 Å². The number of fused-ring (bicyclic) bond motifs is 1. The second-order valence-electron chi connectivity index (χ2n) is 5.28. The Hall–Kier alpha value is -1.27. The first-order chi connectivity index (χ1) is 10.3. The zero-order valence-electron chi connectivity index (χ0n) is 12.3. The van der Waals surface area contributed by atoms with Crippen molar-refractivity contribution in [2.24, 2.45) is 0 Å². The topological polar surface area (TPSA) is 45.7 Å². The number of urea groups is 1. The minimum atomic E-state index is 0.0718. The molecule has 0 spiro atoms. The fourth-order valence-corrected chi connectivity index (χ4v) is 3.73. The van der Waals surface area contributed by atoms with Gasteiger partial charge in [0.15, 0.2) is 0 Å². The third-order valence-electron chi connectivity index (χ3n) is 3.93. The summed E-state index contributed by atoms with van der Waals surface area (Å²) in [6, 6.07) is 3.94. The van der Waals surface area contributed by atoms with Crippen LogP contribution < -0.4 is 4.90 Å². The molecule has 1 atom stereocenters. The van der Waals surface area contributed by atoms with Gasteiger partial charge in [0, 0.05) is 38.2 Å². The molecule has 2 amide bonds. The van der Waals surface area contributed by atoms with Gasteiger partial charge in [-0.1, -0.05) is 0 Å². The second kappa shape index (κ2) is 6.66. The molecule has 0 radical (unpaired) electrons. The van der Waals surface area contributed by atoms with Gasteiger partial charge >= 0.3 is 6.03 Å². The highest BCUT2D eigenvalue weighted by Gasteiger charge is 2.29. The van der Waals surface area contributed by atoms with Crippen molar-refractivity contribution in [2.45, 2.75) is 30.9 Å². The van der Waals surface area contributed by atoms with E-state index in [0.717, 1.165) is 42.5 Å². The van der Waals surface area contributed by atoms with Gasteiger partial charge < -0.3 is 9.64 Å². The first kappa shape index (κ1) is 14.7. The second-order valence-corrected chi connectivity index (χ2v) is 6.37. The smallest absolute Gasteiger partial charge is 0.324 e. The van der Waals surface area contributed by atoms with E-state index in [1.54, 1.807) is 18.0 Å². The van der Waals surface area contributed by atoms with Gasteiger partial charge in [0.1, 0.15) is 5.03 Å². The van der Waals surface area contributed by atoms with Gasteiger partial charge in [-0.3, -0.25) is 4.90 Å². The number of pyridine rings is 1. The van der Waals surface area contributed by atoms with E-state index in [1.807, 2.05) is 28.9 Å². The lowest BCUT2D eigenvalue weighted by Gasteiger charge is -2.34. The number of rotatable bonds is 3. The van der Waals surface area contributed by atoms with Crippen LogP contribution in [-0.2, 0) is 4.74 Å². The Kier molecular flexibility index (Phi) is 4.65. The summed E-state index contributed by atoms with van der Waals surface area (Å²) in [6.07, 6.45) is 4.13. The Morgan fingerprint density at radius 2 is 2.52 bits per heavy atom. The molecule has 2 aliphatic rings. The largest absolute Gasteiger partial charge is 0.376 e. The molecule has 3 heterocycles. The predicted octanol–water partition coefficient (Wildman–Crippen LogP) is 2.61. The number of carbonyl (C=O) groups excluding carboxylic acids is 1. The highest BCUT2D eigenvalue weighted by molar-refractivity contribution is 7.99. The summed E-state index contributed by atoms with van der Waals surface area (Å²) in [6.45, 7) is 4.98. The molecule has 1 aromatic heterocycles. The lowest BCUT2D eigenvalue weighted by molar-refractivity contribution is 0.0838. The summed E-state index contributed by atoms with van der Waals surface area (Å²) < 4.78 is 5.66. The molecule has 0 unspecified atom stereocenters. The van der Waals surface area contributed by atoms with Crippen LogP contribution in [0.2, 0.25) is 0 Å². The molecule has 2 aliphatic heterocycles. The summed E-state index contributed by atoms with van der Waals surface area (Å²) in [4.78, 5) is 21.0. The van der Waals surface area contributed by atoms with Crippen LogP contribution in [0.3, 0.4) is 0 Å². The highest BCUT2D eigenvalue weighted by Crippen LogP contribution is 2.33. The van der Waals surface area contributed by atoms with Crippen molar-refractivity contribution in [2.75, 3.05) is 36.9 Å². The SMILES string of the molecule is CCN(C[C@@H]1CCCO1)C(=O)N1CCSc2ncccc21. The number of aromatic nitrogens is 1. The zero-order valence-corrected chi connectivity index (χ0v) is 13.1. The monoisotopic (exact) mass is 307 g/mol. The maximum atomic E-state index is 12.8. The van der Waals surface area contributed by atoms with E-state index in [2.05, 4.69) is 4.98 Å². The average molecular weight is 307 g/mol. The molecule has 5 nitrogen and oxygen atoms in total. The zero-order chi connectivity index (χ0) is 14.7. The van der Waals surface area contributed by atoms with Crippen LogP contribution in [0, 0.1) is 0 Å². The van der Waals surface area contributed by atoms with Crippen molar-refractivity contribution in [3.05, 3.63) is 18.3 Å². The molecule has 0 saturated carbocycles. The number of ether oxygens (including phenoxy) is 1. The quantitative estimate of drug-likeness (QED) is 0.861. The van der Waals surface area contributed by atoms with Crippen molar-refractivity contribution in [3.63, 3.8) is 0 Å². The Balaban J connectivity index is 1.74. The molecule has 0 aliphatic carbocycles. The van der Waals surface area contributed by atoms with Crippen LogP contribution in [0.4, 0.5) is 10.5 Å². The van der Waals surface area contributed by atoms with Gasteiger partial charge in [-0.05, 0) is 31.9 Å². The standard InChI is InChI=1S/C15H21N3O2S/c1-2-17(11-12-5-4-9-20-12)15(19)18-8-10-21-14-13(18)6-3-7-16-14/h3,6-7,12H,2,4-5,8-11H2,1H3/t12-/m0/s1. The molecule has 0 bridgehead atoms. The molecule has 21 heavy (non-hydrogen) atoms. The fourth-order valence-electron chi connectivity index (χ4n) is 2.80. The summed E-state index contributed by atoms with van der Waals surface area (Å²) >= 11 is 1.71. The van der Waals surface area contributed by atoms with E-state index < -0.39 is 0 Å². The van der Waals surface area contributed by atoms with Gasteiger partial charge in [0.2, 0.25) is 0 Å². The minimum Gasteiger partial charge on any atom is -0.376 e. The molecule has 3 rings (SSSR count). The molecule has 6 heteroatoms. The lowest BCUT2D eigenvalue weighted by atomic mass is 10.2. The molecular weight excluding hydrogens is 286 g/mol. The van der Waals surface area contributed by atoms with Gasteiger partial charge in [-0.2, -0.15) is 0 Å². The van der Waals surface area contributed by atoms with Crippen LogP contribution in [0.1, 0.15) is 19.8 Å². The van der Waals surface area contributed by atoms with Gasteiger partial charge in [0.25, 0.3) is 0 Å². The van der Waals surface area contributed by atoms with E-state index >= 15 is 0 Å². The van der Waals surface area contributed by atoms with Crippen LogP contribution in [0.15, 0.2) is 23.4 Å². The third kappa shape index (κ3) is 3.16. The number of likely N-dealkylation sites (N-methyl/N-ethyl adjacent to an activating group) is 1. The van der Waals surface area contributed by atoms with Crippen molar-refractivity contribution < 1.29 is 9.53 Å². The third-order valence-corrected chi connectivity index (χ3v) is 4.90. The number of amides is 2. The van der Waals surface area contributed by atoms with E-state index in [4.69, 9.17) is 4.74 Å². The molecule has 114 valence electrons. The first-order valence-corrected chi connectivity index (χ1v) is 8.54. The van der Waals surface area contributed by atoms with Crippen molar-refractivity contribution in [1.29, 1.82) is 0 Å². The number of thioether (sulfide) groups is 1. The van der Waals surface area contributed by atoms with Gasteiger partial charge in [-0.25, -0.2) is 9.78 Å². The van der Waals surface area contributed by atoms with E-state index in [9.17, 15) is 4.79 Å². The van der Waals surface area contributed by atoms with E-state index in [0.29, 0.717) is 13.1 Å². The summed E-state index contributed by atoms with van der Waals surface area (Å²) in [7, 11) is 0. The van der Waals surface area contributed by atoms with Crippen molar-refractivity contribution in [3.8, 4) is 0 Å². The molecule has 1 fully saturated rings. The highest BCUT2D eigenvalue weighted by atomic mass is 32.2. The summed E-state index contributed by atoms with van der Waals surface area (Å²) in [5.41, 5.74) is 0.935. The van der Waals surface area contributed by atoms with E-state index in [1.165, 1.54) is 0 Å². The van der Waals surface area contributed by atoms with Crippen LogP contribution in [0.5, 0.6) is 0 Å². The predicted molar refractivity (Wildman–Crippen MR) is 83.9 cm³/mol. The Labute approximate surface area is 129 Å². The first-order valence-electron chi connectivity index (χ1n) is 7.55. The molecule has 1 aromatic rings. The Morgan fingerprint density at radius 3 is 3.29 bits per heavy atom. The molecule has 0 aromatic carbocycles. The molecule has 1 saturated heterocycles. The maximum Gasteiger partial charge on any atom is 0.324 e. The van der Waals surface area contributed by atoms with Crippen molar-refractivity contribution >= 4 is 23.5 Å². The summed E-state index contributed by atoms with van der Waals surface area (Å²) in [5.74, 6) is 0.896. The lowest BCUT2D eigenvalue weighted by Crippen LogP contribution is -2.48. The van der Waals surface area contributed by atoms with Crippen LogP contribution in [0.25, 0.3) is 0 Å². The minimum absolute atomic E-state index is 0.0718. The van der Waals surface area contributed by atoms with Crippen molar-refractivity contribution in [1.82, 2.24) is 9.88 Å². The fraction of sp³-hybridized carbons (Fsp3) is 0.600.